The second-order valence-corrected chi connectivity index (χ2v) is 12.4. The summed E-state index contributed by atoms with van der Waals surface area (Å²) in [6.07, 6.45) is 5.62. The van der Waals surface area contributed by atoms with Gasteiger partial charge in [-0.1, -0.05) is 30.7 Å². The Morgan fingerprint density at radius 2 is 1.37 bits per heavy atom. The Morgan fingerprint density at radius 1 is 0.816 bits per heavy atom. The maximum Gasteiger partial charge on any atom is 0.129 e. The van der Waals surface area contributed by atoms with Crippen LogP contribution in [0.5, 0.6) is 11.5 Å². The second-order valence-electron chi connectivity index (χ2n) is 10.7. The van der Waals surface area contributed by atoms with Gasteiger partial charge in [-0.3, -0.25) is 4.90 Å². The quantitative estimate of drug-likeness (QED) is 0.204. The van der Waals surface area contributed by atoms with Crippen molar-refractivity contribution in [1.82, 2.24) is 14.9 Å². The van der Waals surface area contributed by atoms with E-state index in [9.17, 15) is 0 Å². The molecule has 0 unspecified atom stereocenters. The third-order valence-corrected chi connectivity index (χ3v) is 10.3. The summed E-state index contributed by atoms with van der Waals surface area (Å²) in [6.45, 7) is 4.08. The summed E-state index contributed by atoms with van der Waals surface area (Å²) in [7, 11) is 3.44. The standard InChI is InChI=1S/C31H35N3O2S2/c1-20(27-15-21-12-13-22(27)14-21)34(16-23-18-37-30(32-23)25-8-4-6-10-28(25)35-2)17-24-19-38-31(33-24)26-9-5-7-11-29(26)36-3/h4-11,18-22,27H,12-17H2,1-3H3/t20-,21+,22+,27-/m1/s1. The van der Waals surface area contributed by atoms with E-state index in [-0.39, 0.29) is 0 Å². The van der Waals surface area contributed by atoms with Crippen LogP contribution in [0.2, 0.25) is 0 Å². The van der Waals surface area contributed by atoms with Gasteiger partial charge in [0.15, 0.2) is 0 Å². The Labute approximate surface area is 233 Å². The lowest BCUT2D eigenvalue weighted by molar-refractivity contribution is 0.104. The molecular weight excluding hydrogens is 510 g/mol. The molecule has 6 rings (SSSR count). The van der Waals surface area contributed by atoms with E-state index in [0.717, 1.165) is 74.9 Å². The summed E-state index contributed by atoms with van der Waals surface area (Å²) >= 11 is 3.39. The molecule has 2 aliphatic rings. The van der Waals surface area contributed by atoms with Crippen molar-refractivity contribution in [2.75, 3.05) is 14.2 Å². The van der Waals surface area contributed by atoms with E-state index < -0.39 is 0 Å². The molecule has 2 heterocycles. The minimum absolute atomic E-state index is 0.484. The van der Waals surface area contributed by atoms with E-state index >= 15 is 0 Å². The smallest absolute Gasteiger partial charge is 0.129 e. The molecule has 0 amide bonds. The number of thiazole rings is 2. The van der Waals surface area contributed by atoms with E-state index in [1.165, 1.54) is 25.7 Å². The lowest BCUT2D eigenvalue weighted by Crippen LogP contribution is -2.40. The Hall–Kier alpha value is -2.74. The zero-order chi connectivity index (χ0) is 26.1. The van der Waals surface area contributed by atoms with Crippen molar-refractivity contribution in [3.8, 4) is 32.6 Å². The molecule has 0 aliphatic heterocycles. The van der Waals surface area contributed by atoms with Crippen molar-refractivity contribution < 1.29 is 9.47 Å². The largest absolute Gasteiger partial charge is 0.496 e. The number of hydrogen-bond acceptors (Lipinski definition) is 7. The Morgan fingerprint density at radius 3 is 1.84 bits per heavy atom. The van der Waals surface area contributed by atoms with Crippen molar-refractivity contribution in [1.29, 1.82) is 0 Å². The maximum absolute atomic E-state index is 5.60. The number of nitrogens with zero attached hydrogens (tertiary/aromatic N) is 3. The van der Waals surface area contributed by atoms with Crippen LogP contribution in [-0.2, 0) is 13.1 Å². The fraction of sp³-hybridized carbons (Fsp3) is 0.419. The molecule has 2 aromatic heterocycles. The topological polar surface area (TPSA) is 47.5 Å². The highest BCUT2D eigenvalue weighted by Crippen LogP contribution is 2.50. The first-order valence-corrected chi connectivity index (χ1v) is 15.3. The van der Waals surface area contributed by atoms with Crippen molar-refractivity contribution in [3.05, 3.63) is 70.7 Å². The number of benzene rings is 2. The molecular formula is C31H35N3O2S2. The molecule has 4 aromatic rings. The fourth-order valence-corrected chi connectivity index (χ4v) is 8.25. The van der Waals surface area contributed by atoms with Crippen LogP contribution in [0.25, 0.3) is 21.1 Å². The van der Waals surface area contributed by atoms with Gasteiger partial charge in [0.2, 0.25) is 0 Å². The molecule has 0 spiro atoms. The summed E-state index contributed by atoms with van der Waals surface area (Å²) in [5, 5.41) is 6.45. The molecule has 2 saturated carbocycles. The number of fused-ring (bicyclic) bond motifs is 2. The van der Waals surface area contributed by atoms with Crippen LogP contribution in [0.15, 0.2) is 59.3 Å². The summed E-state index contributed by atoms with van der Waals surface area (Å²) in [4.78, 5) is 12.7. The van der Waals surface area contributed by atoms with Crippen LogP contribution in [0, 0.1) is 17.8 Å². The minimum Gasteiger partial charge on any atom is -0.496 e. The zero-order valence-electron chi connectivity index (χ0n) is 22.3. The van der Waals surface area contributed by atoms with Crippen molar-refractivity contribution in [2.24, 2.45) is 17.8 Å². The Balaban J connectivity index is 1.26. The first-order chi connectivity index (χ1) is 18.6. The number of rotatable bonds is 10. The van der Waals surface area contributed by atoms with Gasteiger partial charge in [-0.15, -0.1) is 22.7 Å². The van der Waals surface area contributed by atoms with Crippen LogP contribution >= 0.6 is 22.7 Å². The van der Waals surface area contributed by atoms with Gasteiger partial charge in [-0.2, -0.15) is 0 Å². The predicted octanol–water partition coefficient (Wildman–Crippen LogP) is 7.78. The van der Waals surface area contributed by atoms with Crippen LogP contribution in [0.1, 0.15) is 44.0 Å². The molecule has 198 valence electrons. The van der Waals surface area contributed by atoms with E-state index in [0.29, 0.717) is 6.04 Å². The molecule has 0 radical (unpaired) electrons. The average Bonchev–Trinajstić information content (AvgIpc) is 3.78. The molecule has 2 aliphatic carbocycles. The molecule has 0 N–H and O–H groups in total. The average molecular weight is 546 g/mol. The van der Waals surface area contributed by atoms with Gasteiger partial charge >= 0.3 is 0 Å². The highest BCUT2D eigenvalue weighted by molar-refractivity contribution is 7.13. The highest BCUT2D eigenvalue weighted by Gasteiger charge is 2.43. The lowest BCUT2D eigenvalue weighted by atomic mass is 9.83. The second kappa shape index (κ2) is 11.2. The third-order valence-electron chi connectivity index (χ3n) is 8.50. The van der Waals surface area contributed by atoms with E-state index in [2.05, 4.69) is 34.7 Å². The highest BCUT2D eigenvalue weighted by atomic mass is 32.1. The summed E-state index contributed by atoms with van der Waals surface area (Å²) in [6, 6.07) is 16.8. The van der Waals surface area contributed by atoms with E-state index in [4.69, 9.17) is 19.4 Å². The number of hydrogen-bond donors (Lipinski definition) is 0. The third kappa shape index (κ3) is 5.12. The Bertz CT molecular complexity index is 1290. The zero-order valence-corrected chi connectivity index (χ0v) is 23.9. The van der Waals surface area contributed by atoms with Crippen LogP contribution in [0.4, 0.5) is 0 Å². The maximum atomic E-state index is 5.60. The van der Waals surface area contributed by atoms with Gasteiger partial charge in [-0.25, -0.2) is 9.97 Å². The van der Waals surface area contributed by atoms with Crippen LogP contribution < -0.4 is 9.47 Å². The molecule has 4 atom stereocenters. The fourth-order valence-electron chi connectivity index (χ4n) is 6.56. The molecule has 5 nitrogen and oxygen atoms in total. The molecule has 0 saturated heterocycles. The number of aromatic nitrogens is 2. The summed E-state index contributed by atoms with van der Waals surface area (Å²) < 4.78 is 11.2. The summed E-state index contributed by atoms with van der Waals surface area (Å²) in [5.41, 5.74) is 4.34. The van der Waals surface area contributed by atoms with E-state index in [1.54, 1.807) is 36.9 Å². The monoisotopic (exact) mass is 545 g/mol. The van der Waals surface area contributed by atoms with Gasteiger partial charge < -0.3 is 9.47 Å². The molecule has 2 aromatic carbocycles. The number of methoxy groups -OCH3 is 2. The van der Waals surface area contributed by atoms with Crippen molar-refractivity contribution in [3.63, 3.8) is 0 Å². The predicted molar refractivity (Wildman–Crippen MR) is 156 cm³/mol. The molecule has 7 heteroatoms. The normalized spacial score (nSPS) is 21.2. The molecule has 2 bridgehead atoms. The van der Waals surface area contributed by atoms with Crippen LogP contribution in [0.3, 0.4) is 0 Å². The Kier molecular flexibility index (Phi) is 7.50. The molecule has 2 fully saturated rings. The SMILES string of the molecule is COc1ccccc1-c1nc(CN(Cc2csc(-c3ccccc3OC)n2)[C@H](C)[C@H]2C[C@H]3CC[C@H]2C3)cs1. The van der Waals surface area contributed by atoms with Crippen LogP contribution in [-0.4, -0.2) is 35.1 Å². The first-order valence-electron chi connectivity index (χ1n) is 13.5. The van der Waals surface area contributed by atoms with Gasteiger partial charge in [0, 0.05) is 29.9 Å². The van der Waals surface area contributed by atoms with Crippen molar-refractivity contribution >= 4 is 22.7 Å². The number of ether oxygens (including phenoxy) is 2. The lowest BCUT2D eigenvalue weighted by Gasteiger charge is -2.36. The molecule has 38 heavy (non-hydrogen) atoms. The summed E-state index contributed by atoms with van der Waals surface area (Å²) in [5.74, 6) is 4.30. The van der Waals surface area contributed by atoms with E-state index in [1.807, 2.05) is 36.4 Å². The van der Waals surface area contributed by atoms with Gasteiger partial charge in [0.1, 0.15) is 21.5 Å². The van der Waals surface area contributed by atoms with Crippen molar-refractivity contribution in [2.45, 2.75) is 51.7 Å². The van der Waals surface area contributed by atoms with Gasteiger partial charge in [-0.05, 0) is 68.2 Å². The van der Waals surface area contributed by atoms with Gasteiger partial charge in [0.05, 0.1) is 36.7 Å². The minimum atomic E-state index is 0.484. The first kappa shape index (κ1) is 25.5. The van der Waals surface area contributed by atoms with Gasteiger partial charge in [0.25, 0.3) is 0 Å². The number of para-hydroxylation sites is 2.